The standard InChI is InChI=1S/C36H25N7O10S3/c37-21-6-9-25-20(16-21)17-34(56(51,52)53)35(36(25)44)43-42-31-13-15-33(29-19-24(55(48,49)50)8-11-27(29)31)41-40-30-12-14-32(39-38-22-4-2-1-3-5-22)28-18-23(54(45,46)47)7-10-26(28)30/h1-19,44H,37H2,(H,45,46,47)(H,48,49,50)(H,51,52,53)/p-3. The molecule has 0 spiro atoms. The first-order valence-electron chi connectivity index (χ1n) is 15.8. The number of phenols is 1. The van der Waals surface area contributed by atoms with E-state index in [1.54, 1.807) is 30.3 Å². The van der Waals surface area contributed by atoms with Gasteiger partial charge in [0.2, 0.25) is 0 Å². The SMILES string of the molecule is Nc1ccc2c(O)c(N=Nc3ccc(N=Nc4ccc(N=Nc5ccccc5)c5cc(S(=O)(=O)[O-])ccc45)c4cc(S(=O)(=O)[O-])ccc34)c(S(=O)(=O)[O-])cc2c1. The highest BCUT2D eigenvalue weighted by atomic mass is 32.2. The van der Waals surface area contributed by atoms with Crippen LogP contribution < -0.4 is 5.73 Å². The molecule has 0 saturated heterocycles. The number of fused-ring (bicyclic) bond motifs is 3. The molecule has 0 aliphatic carbocycles. The Balaban J connectivity index is 1.35. The summed E-state index contributed by atoms with van der Waals surface area (Å²) in [7, 11) is -15.1. The van der Waals surface area contributed by atoms with Crippen LogP contribution in [0.4, 0.5) is 39.8 Å². The molecule has 0 aliphatic heterocycles. The Morgan fingerprint density at radius 2 is 0.929 bits per heavy atom. The van der Waals surface area contributed by atoms with Gasteiger partial charge in [-0.2, -0.15) is 5.11 Å². The molecule has 0 saturated carbocycles. The zero-order valence-corrected chi connectivity index (χ0v) is 30.5. The predicted molar refractivity (Wildman–Crippen MR) is 201 cm³/mol. The smallest absolute Gasteiger partial charge is 0.152 e. The van der Waals surface area contributed by atoms with Crippen molar-refractivity contribution >= 4 is 102 Å². The number of benzene rings is 7. The number of azo groups is 3. The predicted octanol–water partition coefficient (Wildman–Crippen LogP) is 8.39. The summed E-state index contributed by atoms with van der Waals surface area (Å²) in [6.07, 6.45) is 0. The van der Waals surface area contributed by atoms with Crippen molar-refractivity contribution in [2.45, 2.75) is 14.7 Å². The lowest BCUT2D eigenvalue weighted by Crippen LogP contribution is -1.99. The largest absolute Gasteiger partial charge is 0.744 e. The van der Waals surface area contributed by atoms with Crippen molar-refractivity contribution in [3.63, 3.8) is 0 Å². The van der Waals surface area contributed by atoms with Crippen LogP contribution in [0.2, 0.25) is 0 Å². The van der Waals surface area contributed by atoms with Crippen LogP contribution in [-0.4, -0.2) is 44.0 Å². The summed E-state index contributed by atoms with van der Waals surface area (Å²) in [5.74, 6) is -0.671. The molecule has 0 fully saturated rings. The minimum Gasteiger partial charge on any atom is -0.744 e. The van der Waals surface area contributed by atoms with Crippen LogP contribution in [0.5, 0.6) is 5.75 Å². The second-order valence-electron chi connectivity index (χ2n) is 12.0. The van der Waals surface area contributed by atoms with Gasteiger partial charge in [-0.25, -0.2) is 25.3 Å². The molecule has 0 aromatic heterocycles. The molecule has 282 valence electrons. The molecule has 7 rings (SSSR count). The van der Waals surface area contributed by atoms with Crippen molar-refractivity contribution in [1.29, 1.82) is 0 Å². The minimum absolute atomic E-state index is 0.0122. The Hall–Kier alpha value is -6.55. The molecule has 0 aliphatic rings. The summed E-state index contributed by atoms with van der Waals surface area (Å²) in [4.78, 5) is -2.04. The summed E-state index contributed by atoms with van der Waals surface area (Å²) in [6.45, 7) is 0. The molecule has 20 heteroatoms. The third-order valence-electron chi connectivity index (χ3n) is 8.36. The fourth-order valence-electron chi connectivity index (χ4n) is 5.73. The van der Waals surface area contributed by atoms with Crippen LogP contribution >= 0.6 is 0 Å². The van der Waals surface area contributed by atoms with Gasteiger partial charge in [0.1, 0.15) is 36.0 Å². The van der Waals surface area contributed by atoms with E-state index in [4.69, 9.17) is 5.73 Å². The Labute approximate surface area is 317 Å². The average molecular weight is 809 g/mol. The number of nitrogens with two attached hydrogens (primary N) is 1. The van der Waals surface area contributed by atoms with Gasteiger partial charge in [0.05, 0.1) is 43.1 Å². The van der Waals surface area contributed by atoms with E-state index in [-0.39, 0.29) is 55.4 Å². The van der Waals surface area contributed by atoms with Gasteiger partial charge in [0, 0.05) is 32.6 Å². The molecule has 0 radical (unpaired) electrons. The van der Waals surface area contributed by atoms with Gasteiger partial charge < -0.3 is 24.5 Å². The lowest BCUT2D eigenvalue weighted by Gasteiger charge is -2.14. The van der Waals surface area contributed by atoms with Gasteiger partial charge in [-0.15, -0.1) is 25.6 Å². The number of anilines is 1. The third-order valence-corrected chi connectivity index (χ3v) is 10.9. The molecule has 3 N–H and O–H groups in total. The van der Waals surface area contributed by atoms with Gasteiger partial charge in [-0.3, -0.25) is 0 Å². The van der Waals surface area contributed by atoms with Crippen LogP contribution in [0.3, 0.4) is 0 Å². The van der Waals surface area contributed by atoms with E-state index >= 15 is 0 Å². The second kappa shape index (κ2) is 14.3. The fourth-order valence-corrected chi connectivity index (χ4v) is 7.37. The summed E-state index contributed by atoms with van der Waals surface area (Å²) < 4.78 is 108. The molecule has 0 unspecified atom stereocenters. The molecule has 0 atom stereocenters. The van der Waals surface area contributed by atoms with Crippen LogP contribution in [0.1, 0.15) is 0 Å². The monoisotopic (exact) mass is 808 g/mol. The first-order valence-corrected chi connectivity index (χ1v) is 20.1. The van der Waals surface area contributed by atoms with Crippen molar-refractivity contribution in [2.75, 3.05) is 5.73 Å². The Morgan fingerprint density at radius 1 is 0.464 bits per heavy atom. The summed E-state index contributed by atoms with van der Waals surface area (Å²) >= 11 is 0. The maximum absolute atomic E-state index is 12.2. The van der Waals surface area contributed by atoms with Crippen LogP contribution in [0.15, 0.2) is 161 Å². The number of nitrogen functional groups attached to an aromatic ring is 1. The maximum atomic E-state index is 12.2. The van der Waals surface area contributed by atoms with Crippen molar-refractivity contribution < 1.29 is 44.0 Å². The topological polar surface area (TPSA) is 292 Å². The molecule has 7 aromatic carbocycles. The Morgan fingerprint density at radius 3 is 1.43 bits per heavy atom. The summed E-state index contributed by atoms with van der Waals surface area (Å²) in [6, 6.07) is 26.4. The van der Waals surface area contributed by atoms with Crippen molar-refractivity contribution in [2.24, 2.45) is 30.7 Å². The highest BCUT2D eigenvalue weighted by molar-refractivity contribution is 7.86. The number of hydrogen-bond donors (Lipinski definition) is 2. The number of aromatic hydroxyl groups is 1. The molecule has 0 bridgehead atoms. The van der Waals surface area contributed by atoms with E-state index in [1.165, 1.54) is 54.6 Å². The lowest BCUT2D eigenvalue weighted by molar-refractivity contribution is 0.458. The maximum Gasteiger partial charge on any atom is 0.152 e. The highest BCUT2D eigenvalue weighted by Gasteiger charge is 2.19. The number of phenolic OH excluding ortho intramolecular Hbond substituents is 1. The molecule has 7 aromatic rings. The number of nitrogens with zero attached hydrogens (tertiary/aromatic N) is 6. The van der Waals surface area contributed by atoms with E-state index in [9.17, 15) is 44.0 Å². The third kappa shape index (κ3) is 7.68. The average Bonchev–Trinajstić information content (AvgIpc) is 3.15. The number of rotatable bonds is 9. The molecule has 17 nitrogen and oxygen atoms in total. The van der Waals surface area contributed by atoms with E-state index in [2.05, 4.69) is 30.7 Å². The van der Waals surface area contributed by atoms with Gasteiger partial charge in [0.25, 0.3) is 0 Å². The van der Waals surface area contributed by atoms with Crippen LogP contribution in [0.25, 0.3) is 32.3 Å². The van der Waals surface area contributed by atoms with E-state index in [0.717, 1.165) is 30.3 Å². The fraction of sp³-hybridized carbons (Fsp3) is 0. The molecule has 0 heterocycles. The molecular formula is C36H22N7O10S3-3. The van der Waals surface area contributed by atoms with Gasteiger partial charge in [-0.1, -0.05) is 30.3 Å². The Kier molecular flexibility index (Phi) is 9.62. The molecule has 0 amide bonds. The van der Waals surface area contributed by atoms with Crippen LogP contribution in [0, 0.1) is 0 Å². The van der Waals surface area contributed by atoms with Crippen molar-refractivity contribution in [3.8, 4) is 5.75 Å². The number of hydrogen-bond acceptors (Lipinski definition) is 17. The second-order valence-corrected chi connectivity index (χ2v) is 16.1. The van der Waals surface area contributed by atoms with Gasteiger partial charge in [0.15, 0.2) is 5.75 Å². The molecule has 56 heavy (non-hydrogen) atoms. The van der Waals surface area contributed by atoms with E-state index in [0.29, 0.717) is 11.1 Å². The Bertz CT molecular complexity index is 3200. The van der Waals surface area contributed by atoms with Crippen molar-refractivity contribution in [1.82, 2.24) is 0 Å². The first kappa shape index (κ1) is 37.8. The van der Waals surface area contributed by atoms with E-state index in [1.807, 2.05) is 0 Å². The minimum atomic E-state index is -5.20. The highest BCUT2D eigenvalue weighted by Crippen LogP contribution is 2.44. The van der Waals surface area contributed by atoms with Crippen molar-refractivity contribution in [3.05, 3.63) is 115 Å². The summed E-state index contributed by atoms with van der Waals surface area (Å²) in [5, 5.41) is 36.9. The molecular weight excluding hydrogens is 787 g/mol. The lowest BCUT2D eigenvalue weighted by atomic mass is 10.1. The first-order chi connectivity index (χ1) is 26.5. The normalized spacial score (nSPS) is 12.9. The summed E-state index contributed by atoms with van der Waals surface area (Å²) in [5.41, 5.74) is 6.21. The zero-order chi connectivity index (χ0) is 40.0. The van der Waals surface area contributed by atoms with Crippen LogP contribution in [-0.2, 0) is 30.4 Å². The quantitative estimate of drug-likeness (QED) is 0.0792. The van der Waals surface area contributed by atoms with E-state index < -0.39 is 56.5 Å². The van der Waals surface area contributed by atoms with Gasteiger partial charge in [-0.05, 0) is 90.3 Å². The zero-order valence-electron chi connectivity index (χ0n) is 28.1. The van der Waals surface area contributed by atoms with Gasteiger partial charge >= 0.3 is 0 Å².